The van der Waals surface area contributed by atoms with Gasteiger partial charge in [-0.1, -0.05) is 31.2 Å². The van der Waals surface area contributed by atoms with E-state index in [1.165, 1.54) is 12.1 Å². The number of aryl methyl sites for hydroxylation is 2. The van der Waals surface area contributed by atoms with Crippen molar-refractivity contribution in [2.45, 2.75) is 39.2 Å². The van der Waals surface area contributed by atoms with Crippen LogP contribution >= 0.6 is 0 Å². The Balaban J connectivity index is 1.46. The fraction of sp³-hybridized carbons (Fsp3) is 0.233. The van der Waals surface area contributed by atoms with Gasteiger partial charge in [0.05, 0.1) is 6.61 Å². The highest BCUT2D eigenvalue weighted by Gasteiger charge is 2.31. The van der Waals surface area contributed by atoms with Crippen molar-refractivity contribution in [3.63, 3.8) is 0 Å². The van der Waals surface area contributed by atoms with Crippen LogP contribution in [-0.2, 0) is 6.54 Å². The molecular formula is C30H28F2N4O2. The first-order valence-electron chi connectivity index (χ1n) is 12.4. The maximum Gasteiger partial charge on any atom is 0.251 e. The number of halogens is 2. The maximum atomic E-state index is 14.5. The molecule has 2 atom stereocenters. The minimum Gasteiger partial charge on any atom is -0.395 e. The van der Waals surface area contributed by atoms with Gasteiger partial charge in [-0.15, -0.1) is 0 Å². The van der Waals surface area contributed by atoms with Crippen molar-refractivity contribution in [3.05, 3.63) is 111 Å². The van der Waals surface area contributed by atoms with Crippen molar-refractivity contribution in [2.24, 2.45) is 0 Å². The average molecular weight is 515 g/mol. The molecule has 1 aromatic heterocycles. The zero-order valence-electron chi connectivity index (χ0n) is 21.3. The van der Waals surface area contributed by atoms with Crippen LogP contribution in [0.5, 0.6) is 0 Å². The van der Waals surface area contributed by atoms with E-state index in [2.05, 4.69) is 15.3 Å². The predicted molar refractivity (Wildman–Crippen MR) is 142 cm³/mol. The van der Waals surface area contributed by atoms with Crippen molar-refractivity contribution in [3.8, 4) is 11.1 Å². The number of nitrogens with two attached hydrogens (primary N) is 1. The largest absolute Gasteiger partial charge is 0.395 e. The Labute approximate surface area is 219 Å². The molecule has 0 aliphatic heterocycles. The lowest BCUT2D eigenvalue weighted by atomic mass is 9.72. The first-order valence-corrected chi connectivity index (χ1v) is 12.4. The number of hydrogen-bond acceptors (Lipinski definition) is 5. The van der Waals surface area contributed by atoms with Crippen LogP contribution in [0.15, 0.2) is 54.6 Å². The third kappa shape index (κ3) is 4.52. The van der Waals surface area contributed by atoms with Crippen LogP contribution in [-0.4, -0.2) is 27.6 Å². The number of carbonyl (C=O) groups excluding carboxylic acids is 1. The number of fused-ring (bicyclic) bond motifs is 2. The van der Waals surface area contributed by atoms with Gasteiger partial charge in [-0.2, -0.15) is 0 Å². The number of aromatic nitrogens is 2. The van der Waals surface area contributed by atoms with E-state index in [0.29, 0.717) is 28.1 Å². The second-order valence-electron chi connectivity index (χ2n) is 9.68. The van der Waals surface area contributed by atoms with Crippen LogP contribution < -0.4 is 11.1 Å². The molecule has 1 heterocycles. The summed E-state index contributed by atoms with van der Waals surface area (Å²) in [4.78, 5) is 21.5. The number of nitrogens with one attached hydrogen (secondary N) is 1. The molecule has 0 saturated carbocycles. The van der Waals surface area contributed by atoms with E-state index in [-0.39, 0.29) is 36.8 Å². The summed E-state index contributed by atoms with van der Waals surface area (Å²) >= 11 is 0. The standard InChI is InChI=1S/C30H28F2N4O2/c1-15-24-10-18(21-9-6-20(31)12-28(21)32)4-7-22(24)27(14-37)23-8-5-19(11-25(15)23)29(38)34-13-26-16(2)35-30(33)36-17(26)3/h4-12,15,27,37H,13-14H2,1-3H3,(H,34,38)(H2,33,35,36)/t15-,27+/m1/s1. The van der Waals surface area contributed by atoms with Crippen molar-refractivity contribution < 1.29 is 18.7 Å². The number of anilines is 1. The summed E-state index contributed by atoms with van der Waals surface area (Å²) in [6.45, 7) is 5.82. The average Bonchev–Trinajstić information content (AvgIpc) is 2.88. The molecule has 4 N–H and O–H groups in total. The Kier molecular flexibility index (Phi) is 6.67. The normalized spacial score (nSPS) is 16.1. The van der Waals surface area contributed by atoms with Gasteiger partial charge in [0.15, 0.2) is 0 Å². The third-order valence-electron chi connectivity index (χ3n) is 7.41. The second kappa shape index (κ2) is 9.95. The molecule has 194 valence electrons. The number of hydrogen-bond donors (Lipinski definition) is 3. The third-order valence-corrected chi connectivity index (χ3v) is 7.41. The number of aliphatic hydroxyl groups excluding tert-OH is 1. The summed E-state index contributed by atoms with van der Waals surface area (Å²) < 4.78 is 28.0. The van der Waals surface area contributed by atoms with E-state index in [4.69, 9.17) is 5.73 Å². The van der Waals surface area contributed by atoms with Gasteiger partial charge in [-0.25, -0.2) is 18.7 Å². The number of carbonyl (C=O) groups is 1. The minimum absolute atomic E-state index is 0.113. The number of nitrogens with zero attached hydrogens (tertiary/aromatic N) is 2. The van der Waals surface area contributed by atoms with Crippen LogP contribution in [0.4, 0.5) is 14.7 Å². The van der Waals surface area contributed by atoms with E-state index in [1.807, 2.05) is 45.0 Å². The lowest BCUT2D eigenvalue weighted by molar-refractivity contribution is 0.0950. The van der Waals surface area contributed by atoms with Gasteiger partial charge in [0.2, 0.25) is 5.95 Å². The van der Waals surface area contributed by atoms with Crippen molar-refractivity contribution in [2.75, 3.05) is 12.3 Å². The quantitative estimate of drug-likeness (QED) is 0.342. The topological polar surface area (TPSA) is 101 Å². The Bertz CT molecular complexity index is 1550. The van der Waals surface area contributed by atoms with Gasteiger partial charge in [0.1, 0.15) is 11.6 Å². The van der Waals surface area contributed by atoms with E-state index in [9.17, 15) is 18.7 Å². The number of benzene rings is 3. The fourth-order valence-electron chi connectivity index (χ4n) is 5.39. The number of rotatable bonds is 5. The molecular weight excluding hydrogens is 486 g/mol. The molecule has 6 nitrogen and oxygen atoms in total. The highest BCUT2D eigenvalue weighted by molar-refractivity contribution is 5.94. The molecule has 0 unspecified atom stereocenters. The number of aliphatic hydroxyl groups is 1. The van der Waals surface area contributed by atoms with Crippen LogP contribution in [0, 0.1) is 25.5 Å². The number of nitrogen functional groups attached to an aromatic ring is 1. The first kappa shape index (κ1) is 25.5. The smallest absolute Gasteiger partial charge is 0.251 e. The highest BCUT2D eigenvalue weighted by atomic mass is 19.1. The molecule has 0 saturated heterocycles. The molecule has 0 fully saturated rings. The molecule has 8 heteroatoms. The summed E-state index contributed by atoms with van der Waals surface area (Å²) in [6, 6.07) is 14.6. The first-order chi connectivity index (χ1) is 18.2. The van der Waals surface area contributed by atoms with Gasteiger partial charge in [-0.3, -0.25) is 4.79 Å². The Hall–Kier alpha value is -4.17. The Morgan fingerprint density at radius 2 is 1.61 bits per heavy atom. The molecule has 3 aromatic carbocycles. The monoisotopic (exact) mass is 514 g/mol. The van der Waals surface area contributed by atoms with Gasteiger partial charge in [0.25, 0.3) is 5.91 Å². The van der Waals surface area contributed by atoms with Gasteiger partial charge >= 0.3 is 0 Å². The van der Waals surface area contributed by atoms with Crippen molar-refractivity contribution in [1.29, 1.82) is 0 Å². The molecule has 0 radical (unpaired) electrons. The molecule has 5 rings (SSSR count). The fourth-order valence-corrected chi connectivity index (χ4v) is 5.39. The second-order valence-corrected chi connectivity index (χ2v) is 9.68. The Morgan fingerprint density at radius 1 is 0.947 bits per heavy atom. The van der Waals surface area contributed by atoms with Gasteiger partial charge < -0.3 is 16.2 Å². The van der Waals surface area contributed by atoms with Crippen LogP contribution in [0.1, 0.15) is 68.3 Å². The van der Waals surface area contributed by atoms with Crippen LogP contribution in [0.2, 0.25) is 0 Å². The lowest BCUT2D eigenvalue weighted by Gasteiger charge is -2.32. The summed E-state index contributed by atoms with van der Waals surface area (Å²) in [7, 11) is 0. The van der Waals surface area contributed by atoms with E-state index in [0.717, 1.165) is 33.9 Å². The molecule has 4 aromatic rings. The van der Waals surface area contributed by atoms with E-state index in [1.54, 1.807) is 12.1 Å². The van der Waals surface area contributed by atoms with Crippen molar-refractivity contribution in [1.82, 2.24) is 15.3 Å². The summed E-state index contributed by atoms with van der Waals surface area (Å²) in [5.74, 6) is -1.71. The lowest BCUT2D eigenvalue weighted by Crippen LogP contribution is -2.25. The van der Waals surface area contributed by atoms with Crippen LogP contribution in [0.3, 0.4) is 0 Å². The summed E-state index contributed by atoms with van der Waals surface area (Å²) in [6.07, 6.45) is 0. The van der Waals surface area contributed by atoms with Crippen molar-refractivity contribution >= 4 is 11.9 Å². The minimum atomic E-state index is -0.636. The van der Waals surface area contributed by atoms with Crippen LogP contribution in [0.25, 0.3) is 11.1 Å². The zero-order chi connectivity index (χ0) is 27.1. The van der Waals surface area contributed by atoms with Gasteiger partial charge in [-0.05, 0) is 65.9 Å². The number of amides is 1. The van der Waals surface area contributed by atoms with E-state index < -0.39 is 11.6 Å². The molecule has 1 amide bonds. The maximum absolute atomic E-state index is 14.5. The molecule has 38 heavy (non-hydrogen) atoms. The SMILES string of the molecule is Cc1nc(N)nc(C)c1CNC(=O)c1ccc2c(c1)[C@H](C)c1cc(-c3ccc(F)cc3F)ccc1[C@@H]2CO. The Morgan fingerprint density at radius 3 is 2.26 bits per heavy atom. The zero-order valence-corrected chi connectivity index (χ0v) is 21.3. The summed E-state index contributed by atoms with van der Waals surface area (Å²) in [5.41, 5.74) is 13.1. The summed E-state index contributed by atoms with van der Waals surface area (Å²) in [5, 5.41) is 13.2. The molecule has 1 aliphatic carbocycles. The van der Waals surface area contributed by atoms with E-state index >= 15 is 0 Å². The predicted octanol–water partition coefficient (Wildman–Crippen LogP) is 5.14. The molecule has 0 spiro atoms. The molecule has 0 bridgehead atoms. The molecule has 1 aliphatic rings. The van der Waals surface area contributed by atoms with Gasteiger partial charge in [0, 0.05) is 52.5 Å². The highest BCUT2D eigenvalue weighted by Crippen LogP contribution is 2.44.